The van der Waals surface area contributed by atoms with Gasteiger partial charge in [0, 0.05) is 18.4 Å². The van der Waals surface area contributed by atoms with Crippen LogP contribution < -0.4 is 14.4 Å². The summed E-state index contributed by atoms with van der Waals surface area (Å²) in [5.41, 5.74) is 4.21. The number of aromatic amines is 1. The van der Waals surface area contributed by atoms with Crippen LogP contribution in [-0.4, -0.2) is 17.0 Å². The van der Waals surface area contributed by atoms with Crippen LogP contribution in [0, 0.1) is 0 Å². The lowest BCUT2D eigenvalue weighted by Gasteiger charge is -2.19. The SMILES string of the molecule is CN(c1ccccc1)c1ccc(Oc2ccc(-c3cnc(COc4ccccc4)[nH]3)cc2)cc1. The molecule has 5 aromatic rings. The van der Waals surface area contributed by atoms with E-state index in [0.29, 0.717) is 6.61 Å². The second-order valence-electron chi connectivity index (χ2n) is 7.86. The van der Waals surface area contributed by atoms with E-state index < -0.39 is 0 Å². The second kappa shape index (κ2) is 9.96. The molecule has 1 aromatic heterocycles. The normalized spacial score (nSPS) is 10.6. The first kappa shape index (κ1) is 21.3. The van der Waals surface area contributed by atoms with Crippen LogP contribution >= 0.6 is 0 Å². The first-order valence-electron chi connectivity index (χ1n) is 11.1. The molecule has 0 bridgehead atoms. The van der Waals surface area contributed by atoms with Gasteiger partial charge < -0.3 is 19.4 Å². The third-order valence-corrected chi connectivity index (χ3v) is 5.52. The zero-order valence-electron chi connectivity index (χ0n) is 18.9. The van der Waals surface area contributed by atoms with Crippen molar-refractivity contribution in [3.63, 3.8) is 0 Å². The maximum absolute atomic E-state index is 6.04. The number of aromatic nitrogens is 2. The van der Waals surface area contributed by atoms with Gasteiger partial charge >= 0.3 is 0 Å². The zero-order valence-corrected chi connectivity index (χ0v) is 18.9. The highest BCUT2D eigenvalue weighted by molar-refractivity contribution is 5.63. The Morgan fingerprint density at radius 1 is 0.676 bits per heavy atom. The number of imidazole rings is 1. The van der Waals surface area contributed by atoms with Crippen LogP contribution in [0.3, 0.4) is 0 Å². The molecule has 1 N–H and O–H groups in total. The molecule has 0 amide bonds. The molecule has 5 nitrogen and oxygen atoms in total. The van der Waals surface area contributed by atoms with Gasteiger partial charge in [-0.1, -0.05) is 36.4 Å². The fourth-order valence-electron chi connectivity index (χ4n) is 3.63. The first-order valence-corrected chi connectivity index (χ1v) is 11.1. The van der Waals surface area contributed by atoms with Crippen LogP contribution in [0.2, 0.25) is 0 Å². The molecule has 0 saturated heterocycles. The molecule has 0 aliphatic rings. The molecule has 4 aromatic carbocycles. The number of benzene rings is 4. The number of hydrogen-bond donors (Lipinski definition) is 1. The molecule has 34 heavy (non-hydrogen) atoms. The Morgan fingerprint density at radius 3 is 1.94 bits per heavy atom. The second-order valence-corrected chi connectivity index (χ2v) is 7.86. The molecule has 0 radical (unpaired) electrons. The van der Waals surface area contributed by atoms with Crippen LogP contribution in [-0.2, 0) is 6.61 Å². The van der Waals surface area contributed by atoms with Crippen molar-refractivity contribution >= 4 is 11.4 Å². The van der Waals surface area contributed by atoms with Crippen molar-refractivity contribution in [1.82, 2.24) is 9.97 Å². The Morgan fingerprint density at radius 2 is 1.26 bits per heavy atom. The summed E-state index contributed by atoms with van der Waals surface area (Å²) in [7, 11) is 2.05. The van der Waals surface area contributed by atoms with E-state index in [-0.39, 0.29) is 0 Å². The predicted octanol–water partition coefficient (Wildman–Crippen LogP) is 7.22. The molecule has 0 saturated carbocycles. The average Bonchev–Trinajstić information content (AvgIpc) is 3.38. The minimum atomic E-state index is 0.390. The molecule has 5 heteroatoms. The summed E-state index contributed by atoms with van der Waals surface area (Å²) in [5.74, 6) is 3.17. The van der Waals surface area contributed by atoms with Gasteiger partial charge in [-0.15, -0.1) is 0 Å². The molecule has 168 valence electrons. The van der Waals surface area contributed by atoms with E-state index in [4.69, 9.17) is 9.47 Å². The number of hydrogen-bond acceptors (Lipinski definition) is 4. The molecule has 0 unspecified atom stereocenters. The topological polar surface area (TPSA) is 50.4 Å². The van der Waals surface area contributed by atoms with Gasteiger partial charge in [-0.05, 0) is 78.4 Å². The van der Waals surface area contributed by atoms with E-state index in [1.807, 2.05) is 91.1 Å². The monoisotopic (exact) mass is 447 g/mol. The summed E-state index contributed by atoms with van der Waals surface area (Å²) in [6.45, 7) is 0.390. The molecule has 0 aliphatic carbocycles. The predicted molar refractivity (Wildman–Crippen MR) is 136 cm³/mol. The Bertz CT molecular complexity index is 1320. The lowest BCUT2D eigenvalue weighted by atomic mass is 10.1. The van der Waals surface area contributed by atoms with Crippen molar-refractivity contribution in [3.8, 4) is 28.5 Å². The quantitative estimate of drug-likeness (QED) is 0.273. The fourth-order valence-corrected chi connectivity index (χ4v) is 3.63. The number of nitrogens with zero attached hydrogens (tertiary/aromatic N) is 2. The lowest BCUT2D eigenvalue weighted by Crippen LogP contribution is -2.08. The maximum Gasteiger partial charge on any atom is 0.146 e. The average molecular weight is 448 g/mol. The number of H-pyrrole nitrogens is 1. The van der Waals surface area contributed by atoms with Gasteiger partial charge in [0.1, 0.15) is 29.7 Å². The zero-order chi connectivity index (χ0) is 23.2. The van der Waals surface area contributed by atoms with Gasteiger partial charge in [0.25, 0.3) is 0 Å². The summed E-state index contributed by atoms with van der Waals surface area (Å²) in [4.78, 5) is 9.88. The molecule has 5 rings (SSSR count). The molecule has 0 atom stereocenters. The van der Waals surface area contributed by atoms with Crippen molar-refractivity contribution in [2.75, 3.05) is 11.9 Å². The van der Waals surface area contributed by atoms with E-state index in [0.717, 1.165) is 45.7 Å². The number of nitrogens with one attached hydrogen (secondary N) is 1. The summed E-state index contributed by atoms with van der Waals surface area (Å²) < 4.78 is 11.8. The summed E-state index contributed by atoms with van der Waals surface area (Å²) in [6, 6.07) is 36.0. The van der Waals surface area contributed by atoms with E-state index >= 15 is 0 Å². The molecule has 1 heterocycles. The van der Waals surface area contributed by atoms with Crippen LogP contribution in [0.1, 0.15) is 5.82 Å². The minimum Gasteiger partial charge on any atom is -0.486 e. The molecular weight excluding hydrogens is 422 g/mol. The number of rotatable bonds is 8. The van der Waals surface area contributed by atoms with E-state index in [1.54, 1.807) is 0 Å². The Balaban J connectivity index is 1.20. The minimum absolute atomic E-state index is 0.390. The van der Waals surface area contributed by atoms with Gasteiger partial charge in [-0.2, -0.15) is 0 Å². The third kappa shape index (κ3) is 5.10. The van der Waals surface area contributed by atoms with Crippen LogP contribution in [0.4, 0.5) is 11.4 Å². The van der Waals surface area contributed by atoms with Crippen molar-refractivity contribution < 1.29 is 9.47 Å². The van der Waals surface area contributed by atoms with Crippen molar-refractivity contribution in [3.05, 3.63) is 121 Å². The highest BCUT2D eigenvalue weighted by Crippen LogP contribution is 2.29. The van der Waals surface area contributed by atoms with Crippen molar-refractivity contribution in [2.24, 2.45) is 0 Å². The smallest absolute Gasteiger partial charge is 0.146 e. The number of anilines is 2. The molecule has 0 spiro atoms. The standard InChI is InChI=1S/C29H25N3O2/c1-32(23-8-4-2-5-9-23)24-14-18-27(19-15-24)34-26-16-12-22(13-17-26)28-20-30-29(31-28)21-33-25-10-6-3-7-11-25/h2-20H,21H2,1H3,(H,30,31). The lowest BCUT2D eigenvalue weighted by molar-refractivity contribution is 0.297. The van der Waals surface area contributed by atoms with E-state index in [2.05, 4.69) is 46.2 Å². The molecular formula is C29H25N3O2. The largest absolute Gasteiger partial charge is 0.486 e. The van der Waals surface area contributed by atoms with Crippen LogP contribution in [0.15, 0.2) is 115 Å². The molecule has 0 fully saturated rings. The summed E-state index contributed by atoms with van der Waals surface area (Å²) in [6.07, 6.45) is 1.82. The van der Waals surface area contributed by atoms with Crippen LogP contribution in [0.25, 0.3) is 11.3 Å². The Kier molecular flexibility index (Phi) is 6.25. The van der Waals surface area contributed by atoms with Gasteiger partial charge in [0.15, 0.2) is 0 Å². The van der Waals surface area contributed by atoms with Gasteiger partial charge in [-0.25, -0.2) is 4.98 Å². The number of para-hydroxylation sites is 2. The summed E-state index contributed by atoms with van der Waals surface area (Å²) >= 11 is 0. The molecule has 0 aliphatic heterocycles. The summed E-state index contributed by atoms with van der Waals surface area (Å²) in [5, 5.41) is 0. The first-order chi connectivity index (χ1) is 16.7. The number of ether oxygens (including phenoxy) is 2. The van der Waals surface area contributed by atoms with Gasteiger partial charge in [0.05, 0.1) is 11.9 Å². The van der Waals surface area contributed by atoms with E-state index in [1.165, 1.54) is 0 Å². The van der Waals surface area contributed by atoms with Gasteiger partial charge in [-0.3, -0.25) is 0 Å². The fraction of sp³-hybridized carbons (Fsp3) is 0.0690. The van der Waals surface area contributed by atoms with E-state index in [9.17, 15) is 0 Å². The third-order valence-electron chi connectivity index (χ3n) is 5.52. The highest BCUT2D eigenvalue weighted by Gasteiger charge is 2.07. The highest BCUT2D eigenvalue weighted by atomic mass is 16.5. The maximum atomic E-state index is 6.04. The van der Waals surface area contributed by atoms with Gasteiger partial charge in [0.2, 0.25) is 0 Å². The van der Waals surface area contributed by atoms with Crippen molar-refractivity contribution in [1.29, 1.82) is 0 Å². The Hall–Kier alpha value is -4.51. The van der Waals surface area contributed by atoms with Crippen molar-refractivity contribution in [2.45, 2.75) is 6.61 Å². The van der Waals surface area contributed by atoms with Crippen LogP contribution in [0.5, 0.6) is 17.2 Å². The Labute approximate surface area is 199 Å².